The molecule has 1 fully saturated rings. The van der Waals surface area contributed by atoms with Crippen molar-refractivity contribution in [3.63, 3.8) is 0 Å². The number of hydroxylamine groups is 2. The van der Waals surface area contributed by atoms with Gasteiger partial charge < -0.3 is 9.57 Å². The standard InChI is InChI=1S/C20H31NO5S/c1-20(2,3)19(22)26-21-12-9-17(10-13-21)15-25-14-11-16-5-7-18(8-6-16)27(4,23)24/h5-8,17H,9-15H2,1-4H3. The Hall–Kier alpha value is -1.44. The number of carbonyl (C=O) groups is 1. The maximum absolute atomic E-state index is 11.9. The van der Waals surface area contributed by atoms with Crippen LogP contribution in [0.2, 0.25) is 0 Å². The number of nitrogens with zero attached hydrogens (tertiary/aromatic N) is 1. The van der Waals surface area contributed by atoms with Crippen LogP contribution in [0.1, 0.15) is 39.2 Å². The van der Waals surface area contributed by atoms with Crippen LogP contribution >= 0.6 is 0 Å². The number of ether oxygens (including phenoxy) is 1. The number of sulfone groups is 1. The molecule has 0 amide bonds. The van der Waals surface area contributed by atoms with Crippen molar-refractivity contribution in [2.24, 2.45) is 11.3 Å². The van der Waals surface area contributed by atoms with E-state index in [1.165, 1.54) is 6.26 Å². The molecule has 1 heterocycles. The second kappa shape index (κ2) is 9.17. The molecule has 0 aromatic heterocycles. The van der Waals surface area contributed by atoms with E-state index < -0.39 is 15.3 Å². The van der Waals surface area contributed by atoms with E-state index in [1.807, 2.05) is 32.9 Å². The quantitative estimate of drug-likeness (QED) is 0.659. The first-order valence-corrected chi connectivity index (χ1v) is 11.3. The first kappa shape index (κ1) is 21.9. The first-order valence-electron chi connectivity index (χ1n) is 9.40. The highest BCUT2D eigenvalue weighted by atomic mass is 32.2. The molecule has 152 valence electrons. The summed E-state index contributed by atoms with van der Waals surface area (Å²) >= 11 is 0. The number of hydrogen-bond acceptors (Lipinski definition) is 6. The third kappa shape index (κ3) is 7.24. The molecule has 6 nitrogen and oxygen atoms in total. The van der Waals surface area contributed by atoms with Gasteiger partial charge in [-0.05, 0) is 63.6 Å². The lowest BCUT2D eigenvalue weighted by Gasteiger charge is -2.32. The molecule has 0 atom stereocenters. The Morgan fingerprint density at radius 1 is 1.15 bits per heavy atom. The van der Waals surface area contributed by atoms with Gasteiger partial charge in [-0.25, -0.2) is 13.2 Å². The Balaban J connectivity index is 1.64. The smallest absolute Gasteiger partial charge is 0.330 e. The number of benzene rings is 1. The minimum atomic E-state index is -3.15. The SMILES string of the molecule is CC(C)(C)C(=O)ON1CCC(COCCc2ccc(S(C)(=O)=O)cc2)CC1. The molecule has 0 saturated carbocycles. The summed E-state index contributed by atoms with van der Waals surface area (Å²) in [6.45, 7) is 8.34. The zero-order chi connectivity index (χ0) is 20.1. The Bertz CT molecular complexity index is 714. The summed E-state index contributed by atoms with van der Waals surface area (Å²) in [6.07, 6.45) is 3.85. The number of hydrogen-bond donors (Lipinski definition) is 0. The molecule has 1 aliphatic heterocycles. The van der Waals surface area contributed by atoms with Gasteiger partial charge in [0, 0.05) is 26.0 Å². The number of carbonyl (C=O) groups excluding carboxylic acids is 1. The third-order valence-electron chi connectivity index (χ3n) is 4.64. The molecule has 1 saturated heterocycles. The predicted molar refractivity (Wildman–Crippen MR) is 104 cm³/mol. The molecule has 0 spiro atoms. The molecular weight excluding hydrogens is 366 g/mol. The summed E-state index contributed by atoms with van der Waals surface area (Å²) in [4.78, 5) is 17.7. The maximum atomic E-state index is 11.9. The van der Waals surface area contributed by atoms with E-state index in [4.69, 9.17) is 9.57 Å². The average molecular weight is 398 g/mol. The Morgan fingerprint density at radius 3 is 2.26 bits per heavy atom. The molecule has 2 rings (SSSR count). The number of rotatable bonds is 7. The van der Waals surface area contributed by atoms with Gasteiger partial charge in [0.2, 0.25) is 0 Å². The summed E-state index contributed by atoms with van der Waals surface area (Å²) in [5, 5.41) is 1.76. The molecule has 0 bridgehead atoms. The average Bonchev–Trinajstić information content (AvgIpc) is 2.59. The lowest BCUT2D eigenvalue weighted by molar-refractivity contribution is -0.206. The second-order valence-corrected chi connectivity index (χ2v) is 10.3. The molecular formula is C20H31NO5S. The Kier molecular flexibility index (Phi) is 7.42. The van der Waals surface area contributed by atoms with Crippen LogP contribution in [0.15, 0.2) is 29.2 Å². The van der Waals surface area contributed by atoms with Crippen molar-refractivity contribution in [2.75, 3.05) is 32.6 Å². The minimum absolute atomic E-state index is 0.195. The van der Waals surface area contributed by atoms with Crippen LogP contribution in [-0.2, 0) is 30.6 Å². The van der Waals surface area contributed by atoms with Crippen LogP contribution in [0.5, 0.6) is 0 Å². The van der Waals surface area contributed by atoms with Crippen LogP contribution in [0.4, 0.5) is 0 Å². The van der Waals surface area contributed by atoms with Gasteiger partial charge in [0.25, 0.3) is 0 Å². The van der Waals surface area contributed by atoms with Crippen LogP contribution in [-0.4, -0.2) is 52.0 Å². The second-order valence-electron chi connectivity index (χ2n) is 8.24. The zero-order valence-electron chi connectivity index (χ0n) is 16.7. The lowest BCUT2D eigenvalue weighted by atomic mass is 9.97. The molecule has 27 heavy (non-hydrogen) atoms. The fourth-order valence-electron chi connectivity index (χ4n) is 2.76. The summed E-state index contributed by atoms with van der Waals surface area (Å²) in [5.74, 6) is 0.279. The summed E-state index contributed by atoms with van der Waals surface area (Å²) in [6, 6.07) is 6.95. The van der Waals surface area contributed by atoms with Crippen LogP contribution < -0.4 is 0 Å². The number of piperidine rings is 1. The van der Waals surface area contributed by atoms with Gasteiger partial charge in [-0.3, -0.25) is 0 Å². The van der Waals surface area contributed by atoms with Crippen LogP contribution in [0.25, 0.3) is 0 Å². The van der Waals surface area contributed by atoms with Crippen LogP contribution in [0.3, 0.4) is 0 Å². The Labute approximate surface area is 162 Å². The molecule has 0 N–H and O–H groups in total. The normalized spacial score (nSPS) is 17.0. The zero-order valence-corrected chi connectivity index (χ0v) is 17.5. The van der Waals surface area contributed by atoms with Gasteiger partial charge in [-0.2, -0.15) is 0 Å². The van der Waals surface area contributed by atoms with Gasteiger partial charge in [0.15, 0.2) is 9.84 Å². The summed E-state index contributed by atoms with van der Waals surface area (Å²) < 4.78 is 28.7. The minimum Gasteiger partial charge on any atom is -0.381 e. The lowest BCUT2D eigenvalue weighted by Crippen LogP contribution is -2.39. The highest BCUT2D eigenvalue weighted by Gasteiger charge is 2.28. The molecule has 0 aliphatic carbocycles. The highest BCUT2D eigenvalue weighted by molar-refractivity contribution is 7.90. The summed E-state index contributed by atoms with van der Waals surface area (Å²) in [5.41, 5.74) is 0.575. The van der Waals surface area contributed by atoms with Crippen LogP contribution in [0, 0.1) is 11.3 Å². The van der Waals surface area contributed by atoms with E-state index in [1.54, 1.807) is 17.2 Å². The van der Waals surface area contributed by atoms with E-state index in [-0.39, 0.29) is 5.97 Å². The van der Waals surface area contributed by atoms with E-state index >= 15 is 0 Å². The molecule has 1 aromatic carbocycles. The molecule has 7 heteroatoms. The van der Waals surface area contributed by atoms with Crippen molar-refractivity contribution in [3.8, 4) is 0 Å². The van der Waals surface area contributed by atoms with Crippen molar-refractivity contribution in [2.45, 2.75) is 44.9 Å². The van der Waals surface area contributed by atoms with E-state index in [0.29, 0.717) is 24.0 Å². The molecule has 1 aliphatic rings. The van der Waals surface area contributed by atoms with Crippen molar-refractivity contribution >= 4 is 15.8 Å². The van der Waals surface area contributed by atoms with E-state index in [9.17, 15) is 13.2 Å². The van der Waals surface area contributed by atoms with E-state index in [2.05, 4.69) is 0 Å². The van der Waals surface area contributed by atoms with Gasteiger partial charge in [0.1, 0.15) is 0 Å². The Morgan fingerprint density at radius 2 is 1.74 bits per heavy atom. The highest BCUT2D eigenvalue weighted by Crippen LogP contribution is 2.21. The maximum Gasteiger partial charge on any atom is 0.330 e. The van der Waals surface area contributed by atoms with Crippen molar-refractivity contribution in [1.29, 1.82) is 0 Å². The van der Waals surface area contributed by atoms with Gasteiger partial charge in [0.05, 0.1) is 16.9 Å². The summed E-state index contributed by atoms with van der Waals surface area (Å²) in [7, 11) is -3.15. The molecule has 1 aromatic rings. The van der Waals surface area contributed by atoms with Crippen molar-refractivity contribution < 1.29 is 22.8 Å². The van der Waals surface area contributed by atoms with Crippen molar-refractivity contribution in [1.82, 2.24) is 5.06 Å². The monoisotopic (exact) mass is 397 g/mol. The van der Waals surface area contributed by atoms with Gasteiger partial charge in [-0.1, -0.05) is 12.1 Å². The molecule has 0 unspecified atom stereocenters. The largest absolute Gasteiger partial charge is 0.381 e. The fraction of sp³-hybridized carbons (Fsp3) is 0.650. The van der Waals surface area contributed by atoms with E-state index in [0.717, 1.165) is 37.9 Å². The van der Waals surface area contributed by atoms with Gasteiger partial charge >= 0.3 is 5.97 Å². The molecule has 0 radical (unpaired) electrons. The predicted octanol–water partition coefficient (Wildman–Crippen LogP) is 2.87. The topological polar surface area (TPSA) is 72.9 Å². The first-order chi connectivity index (χ1) is 12.6. The third-order valence-corrected chi connectivity index (χ3v) is 5.77. The van der Waals surface area contributed by atoms with Gasteiger partial charge in [-0.15, -0.1) is 5.06 Å². The fourth-order valence-corrected chi connectivity index (χ4v) is 3.40. The van der Waals surface area contributed by atoms with Crippen molar-refractivity contribution in [3.05, 3.63) is 29.8 Å².